The van der Waals surface area contributed by atoms with E-state index >= 15 is 0 Å². The van der Waals surface area contributed by atoms with Crippen molar-refractivity contribution >= 4 is 16.9 Å². The van der Waals surface area contributed by atoms with Crippen molar-refractivity contribution in [3.05, 3.63) is 23.9 Å². The lowest BCUT2D eigenvalue weighted by atomic mass is 10.2. The van der Waals surface area contributed by atoms with Crippen LogP contribution in [0.5, 0.6) is 0 Å². The minimum atomic E-state index is -1.43. The fraction of sp³-hybridized carbons (Fsp3) is 0.562. The number of nitrogens with zero attached hydrogens (tertiary/aromatic N) is 3. The van der Waals surface area contributed by atoms with E-state index in [1.165, 1.54) is 6.20 Å². The van der Waals surface area contributed by atoms with Crippen molar-refractivity contribution in [3.63, 3.8) is 0 Å². The highest BCUT2D eigenvalue weighted by Crippen LogP contribution is 2.23. The van der Waals surface area contributed by atoms with Crippen LogP contribution in [-0.4, -0.2) is 44.1 Å². The van der Waals surface area contributed by atoms with Crippen molar-refractivity contribution in [2.75, 3.05) is 12.3 Å². The zero-order valence-corrected chi connectivity index (χ0v) is 14.4. The zero-order valence-electron chi connectivity index (χ0n) is 13.6. The number of ether oxygens (including phenoxy) is 1. The maximum absolute atomic E-state index is 12.6. The quantitative estimate of drug-likeness (QED) is 0.847. The van der Waals surface area contributed by atoms with Crippen LogP contribution in [0.4, 0.5) is 4.79 Å². The van der Waals surface area contributed by atoms with Gasteiger partial charge in [0.25, 0.3) is 0 Å². The van der Waals surface area contributed by atoms with Gasteiger partial charge in [0.05, 0.1) is 22.1 Å². The number of hydrogen-bond acceptors (Lipinski definition) is 5. The molecule has 1 aliphatic rings. The number of nitriles is 1. The largest absolute Gasteiger partial charge is 0.444 e. The van der Waals surface area contributed by atoms with Gasteiger partial charge in [-0.1, -0.05) is 0 Å². The summed E-state index contributed by atoms with van der Waals surface area (Å²) in [5, 5.41) is 9.37. The van der Waals surface area contributed by atoms with E-state index in [4.69, 9.17) is 10.00 Å². The van der Waals surface area contributed by atoms with Crippen LogP contribution in [0.25, 0.3) is 0 Å². The van der Waals surface area contributed by atoms with Gasteiger partial charge in [-0.2, -0.15) is 5.26 Å². The Morgan fingerprint density at radius 1 is 1.57 bits per heavy atom. The first kappa shape index (κ1) is 17.4. The van der Waals surface area contributed by atoms with Crippen LogP contribution in [0.1, 0.15) is 39.2 Å². The summed E-state index contributed by atoms with van der Waals surface area (Å²) in [6.45, 7) is 6.06. The monoisotopic (exact) mass is 335 g/mol. The van der Waals surface area contributed by atoms with Gasteiger partial charge in [0.1, 0.15) is 16.7 Å². The molecule has 1 amide bonds. The second kappa shape index (κ2) is 7.09. The summed E-state index contributed by atoms with van der Waals surface area (Å²) < 4.78 is 18.0. The molecule has 0 N–H and O–H groups in total. The standard InChI is InChI=1S/C16H21N3O3S/c1-16(2,3)22-15(20)19-9-5-7-13(19)11-23(21)14-12(10-17)6-4-8-18-14/h4,6,8,13H,5,7,9,11H2,1-3H3/t13-,23+/m0/s1. The van der Waals surface area contributed by atoms with Crippen molar-refractivity contribution in [2.45, 2.75) is 50.3 Å². The van der Waals surface area contributed by atoms with Gasteiger partial charge in [-0.3, -0.25) is 4.21 Å². The maximum atomic E-state index is 12.6. The number of hydrogen-bond donors (Lipinski definition) is 0. The van der Waals surface area contributed by atoms with Gasteiger partial charge >= 0.3 is 6.09 Å². The number of pyridine rings is 1. The lowest BCUT2D eigenvalue weighted by Gasteiger charge is -2.28. The molecule has 0 unspecified atom stereocenters. The van der Waals surface area contributed by atoms with Gasteiger partial charge in [0.2, 0.25) is 0 Å². The van der Waals surface area contributed by atoms with Crippen molar-refractivity contribution in [2.24, 2.45) is 0 Å². The molecule has 0 aliphatic carbocycles. The van der Waals surface area contributed by atoms with Crippen LogP contribution >= 0.6 is 0 Å². The second-order valence-corrected chi connectivity index (χ2v) is 7.86. The Morgan fingerprint density at radius 3 is 2.96 bits per heavy atom. The molecule has 0 bridgehead atoms. The third-order valence-electron chi connectivity index (χ3n) is 3.46. The number of aromatic nitrogens is 1. The Labute approximate surface area is 138 Å². The molecule has 1 aromatic heterocycles. The first-order valence-corrected chi connectivity index (χ1v) is 8.87. The number of rotatable bonds is 3. The van der Waals surface area contributed by atoms with E-state index in [0.717, 1.165) is 12.8 Å². The molecule has 1 aromatic rings. The van der Waals surface area contributed by atoms with Crippen molar-refractivity contribution in [1.29, 1.82) is 5.26 Å². The summed E-state index contributed by atoms with van der Waals surface area (Å²) in [4.78, 5) is 17.9. The molecular formula is C16H21N3O3S. The number of carbonyl (C=O) groups excluding carboxylic acids is 1. The lowest BCUT2D eigenvalue weighted by molar-refractivity contribution is 0.0241. The van der Waals surface area contributed by atoms with Gasteiger partial charge in [0.15, 0.2) is 0 Å². The normalized spacial score (nSPS) is 19.2. The minimum absolute atomic E-state index is 0.153. The van der Waals surface area contributed by atoms with E-state index in [1.807, 2.05) is 26.8 Å². The van der Waals surface area contributed by atoms with E-state index in [-0.39, 0.29) is 22.9 Å². The van der Waals surface area contributed by atoms with Crippen LogP contribution in [-0.2, 0) is 15.5 Å². The molecule has 0 saturated carbocycles. The molecule has 2 heterocycles. The van der Waals surface area contributed by atoms with E-state index in [0.29, 0.717) is 12.1 Å². The summed E-state index contributed by atoms with van der Waals surface area (Å²) in [7, 11) is -1.43. The van der Waals surface area contributed by atoms with E-state index < -0.39 is 16.4 Å². The van der Waals surface area contributed by atoms with Crippen molar-refractivity contribution in [1.82, 2.24) is 9.88 Å². The highest BCUT2D eigenvalue weighted by molar-refractivity contribution is 7.85. The third-order valence-corrected chi connectivity index (χ3v) is 4.90. The zero-order chi connectivity index (χ0) is 17.0. The summed E-state index contributed by atoms with van der Waals surface area (Å²) >= 11 is 0. The number of likely N-dealkylation sites (tertiary alicyclic amines) is 1. The molecule has 2 atom stereocenters. The molecule has 6 nitrogen and oxygen atoms in total. The first-order chi connectivity index (χ1) is 10.8. The molecule has 1 aliphatic heterocycles. The number of amides is 1. The highest BCUT2D eigenvalue weighted by Gasteiger charge is 2.33. The molecular weight excluding hydrogens is 314 g/mol. The molecule has 0 radical (unpaired) electrons. The summed E-state index contributed by atoms with van der Waals surface area (Å²) in [5.41, 5.74) is -0.245. The first-order valence-electron chi connectivity index (χ1n) is 7.55. The maximum Gasteiger partial charge on any atom is 0.410 e. The van der Waals surface area contributed by atoms with Crippen LogP contribution in [0, 0.1) is 11.3 Å². The predicted molar refractivity (Wildman–Crippen MR) is 86.2 cm³/mol. The Kier molecular flexibility index (Phi) is 5.37. The molecule has 23 heavy (non-hydrogen) atoms. The van der Waals surface area contributed by atoms with Gasteiger partial charge in [-0.15, -0.1) is 0 Å². The molecule has 0 aromatic carbocycles. The van der Waals surface area contributed by atoms with Crippen LogP contribution < -0.4 is 0 Å². The molecule has 1 saturated heterocycles. The Morgan fingerprint density at radius 2 is 2.30 bits per heavy atom. The molecule has 7 heteroatoms. The van der Waals surface area contributed by atoms with E-state index in [2.05, 4.69) is 4.98 Å². The van der Waals surface area contributed by atoms with E-state index in [9.17, 15) is 9.00 Å². The average Bonchev–Trinajstić information content (AvgIpc) is 2.93. The molecule has 0 spiro atoms. The van der Waals surface area contributed by atoms with E-state index in [1.54, 1.807) is 17.0 Å². The van der Waals surface area contributed by atoms with Crippen LogP contribution in [0.3, 0.4) is 0 Å². The number of carbonyl (C=O) groups is 1. The van der Waals surface area contributed by atoms with Gasteiger partial charge < -0.3 is 9.64 Å². The van der Waals surface area contributed by atoms with Crippen LogP contribution in [0.15, 0.2) is 23.4 Å². The summed E-state index contributed by atoms with van der Waals surface area (Å²) in [6.07, 6.45) is 2.78. The fourth-order valence-electron chi connectivity index (χ4n) is 2.48. The summed E-state index contributed by atoms with van der Waals surface area (Å²) in [6, 6.07) is 5.09. The average molecular weight is 335 g/mol. The van der Waals surface area contributed by atoms with Crippen LogP contribution in [0.2, 0.25) is 0 Å². The predicted octanol–water partition coefficient (Wildman–Crippen LogP) is 2.46. The lowest BCUT2D eigenvalue weighted by Crippen LogP contribution is -2.42. The SMILES string of the molecule is CC(C)(C)OC(=O)N1CCC[C@H]1C[S@@](=O)c1ncccc1C#N. The third kappa shape index (κ3) is 4.52. The Hall–Kier alpha value is -1.94. The Balaban J connectivity index is 2.08. The fourth-order valence-corrected chi connectivity index (χ4v) is 3.87. The molecule has 124 valence electrons. The van der Waals surface area contributed by atoms with Gasteiger partial charge in [0, 0.05) is 18.8 Å². The van der Waals surface area contributed by atoms with Crippen molar-refractivity contribution in [3.8, 4) is 6.07 Å². The van der Waals surface area contributed by atoms with Gasteiger partial charge in [-0.05, 0) is 45.7 Å². The molecule has 1 fully saturated rings. The smallest absolute Gasteiger partial charge is 0.410 e. The Bertz CT molecular complexity index is 649. The second-order valence-electron chi connectivity index (χ2n) is 6.45. The minimum Gasteiger partial charge on any atom is -0.444 e. The molecule has 2 rings (SSSR count). The topological polar surface area (TPSA) is 83.3 Å². The highest BCUT2D eigenvalue weighted by atomic mass is 32.2. The van der Waals surface area contributed by atoms with Crippen molar-refractivity contribution < 1.29 is 13.7 Å². The van der Waals surface area contributed by atoms with Gasteiger partial charge in [-0.25, -0.2) is 9.78 Å². The summed E-state index contributed by atoms with van der Waals surface area (Å²) in [5.74, 6) is 0.269.